The molecule has 0 fully saturated rings. The Bertz CT molecular complexity index is 1280. The average molecular weight is 516 g/mol. The third kappa shape index (κ3) is 3.50. The van der Waals surface area contributed by atoms with Gasteiger partial charge in [-0.3, -0.25) is 9.59 Å². The summed E-state index contributed by atoms with van der Waals surface area (Å²) in [5, 5.41) is 16.4. The molecule has 1 aliphatic carbocycles. The van der Waals surface area contributed by atoms with E-state index in [1.165, 1.54) is 18.2 Å². The minimum atomic E-state index is -0.717. The summed E-state index contributed by atoms with van der Waals surface area (Å²) in [5.74, 6) is -1.65. The van der Waals surface area contributed by atoms with E-state index in [1.807, 2.05) is 24.3 Å². The topological polar surface area (TPSA) is 78.4 Å². The van der Waals surface area contributed by atoms with E-state index in [9.17, 15) is 19.1 Å². The Morgan fingerprint density at radius 1 is 1.12 bits per heavy atom. The molecule has 3 aromatic rings. The van der Waals surface area contributed by atoms with Crippen molar-refractivity contribution in [3.63, 3.8) is 0 Å². The Morgan fingerprint density at radius 2 is 1.88 bits per heavy atom. The third-order valence-corrected chi connectivity index (χ3v) is 6.79. The van der Waals surface area contributed by atoms with Crippen molar-refractivity contribution in [2.45, 2.75) is 24.5 Å². The number of hydrogen-bond donors (Lipinski definition) is 3. The van der Waals surface area contributed by atoms with Gasteiger partial charge in [-0.15, -0.1) is 0 Å². The van der Waals surface area contributed by atoms with Crippen molar-refractivity contribution in [1.29, 1.82) is 0 Å². The molecule has 8 heteroatoms. The maximum absolute atomic E-state index is 14.0. The van der Waals surface area contributed by atoms with Crippen LogP contribution in [0.4, 0.5) is 10.1 Å². The fourth-order valence-electron chi connectivity index (χ4n) is 4.55. The van der Waals surface area contributed by atoms with Crippen LogP contribution in [-0.2, 0) is 4.79 Å². The predicted molar refractivity (Wildman–Crippen MR) is 122 cm³/mol. The van der Waals surface area contributed by atoms with Crippen LogP contribution in [0.25, 0.3) is 0 Å². The van der Waals surface area contributed by atoms with Gasteiger partial charge in [0.05, 0.1) is 18.1 Å². The second-order valence-electron chi connectivity index (χ2n) is 7.91. The van der Waals surface area contributed by atoms with Crippen LogP contribution in [0.2, 0.25) is 5.02 Å². The van der Waals surface area contributed by atoms with E-state index in [2.05, 4.69) is 26.6 Å². The van der Waals surface area contributed by atoms with Crippen LogP contribution in [0.5, 0.6) is 0 Å². The summed E-state index contributed by atoms with van der Waals surface area (Å²) in [5.41, 5.74) is 3.23. The molecule has 1 unspecified atom stereocenters. The average Bonchev–Trinajstić information content (AvgIpc) is 3.27. The summed E-state index contributed by atoms with van der Waals surface area (Å²) in [7, 11) is 0. The Labute approximate surface area is 196 Å². The number of rotatable bonds is 3. The van der Waals surface area contributed by atoms with Crippen LogP contribution >= 0.6 is 27.5 Å². The van der Waals surface area contributed by atoms with E-state index in [0.29, 0.717) is 31.9 Å². The summed E-state index contributed by atoms with van der Waals surface area (Å²) in [6.07, 6.45) is -0.435. The van der Waals surface area contributed by atoms with E-state index in [0.717, 1.165) is 11.1 Å². The zero-order valence-corrected chi connectivity index (χ0v) is 18.9. The van der Waals surface area contributed by atoms with Crippen LogP contribution in [0.3, 0.4) is 0 Å². The molecule has 162 valence electrons. The monoisotopic (exact) mass is 514 g/mol. The number of hydrogen-bond acceptors (Lipinski definition) is 3. The smallest absolute Gasteiger partial charge is 0.252 e. The normalized spacial score (nSPS) is 21.1. The Kier molecular flexibility index (Phi) is 5.28. The van der Waals surface area contributed by atoms with Crippen LogP contribution < -0.4 is 10.6 Å². The molecule has 0 radical (unpaired) electrons. The number of nitrogens with one attached hydrogen (secondary N) is 2. The highest BCUT2D eigenvalue weighted by atomic mass is 79.9. The first kappa shape index (κ1) is 21.1. The van der Waals surface area contributed by atoms with Crippen molar-refractivity contribution >= 4 is 45.0 Å². The van der Waals surface area contributed by atoms with Gasteiger partial charge in [0.25, 0.3) is 5.91 Å². The molecule has 32 heavy (non-hydrogen) atoms. The van der Waals surface area contributed by atoms with Crippen LogP contribution in [-0.4, -0.2) is 16.9 Å². The highest BCUT2D eigenvalue weighted by Crippen LogP contribution is 2.43. The summed E-state index contributed by atoms with van der Waals surface area (Å²) in [4.78, 5) is 25.9. The van der Waals surface area contributed by atoms with Crippen molar-refractivity contribution in [3.05, 3.63) is 97.7 Å². The quantitative estimate of drug-likeness (QED) is 0.447. The molecule has 1 heterocycles. The molecule has 0 saturated heterocycles. The fraction of sp³-hybridized carbons (Fsp3) is 0.167. The van der Waals surface area contributed by atoms with E-state index in [4.69, 9.17) is 11.6 Å². The minimum Gasteiger partial charge on any atom is -0.388 e. The highest BCUT2D eigenvalue weighted by Gasteiger charge is 2.37. The van der Waals surface area contributed by atoms with Crippen LogP contribution in [0.1, 0.15) is 57.1 Å². The molecule has 1 aliphatic heterocycles. The van der Waals surface area contributed by atoms with Crippen molar-refractivity contribution in [2.24, 2.45) is 0 Å². The van der Waals surface area contributed by atoms with Gasteiger partial charge in [-0.2, -0.15) is 0 Å². The second kappa shape index (κ2) is 7.99. The van der Waals surface area contributed by atoms with Gasteiger partial charge in [0.2, 0.25) is 5.91 Å². The number of amides is 2. The number of aliphatic hydroxyl groups is 1. The molecule has 0 aromatic heterocycles. The van der Waals surface area contributed by atoms with Gasteiger partial charge in [-0.1, -0.05) is 51.8 Å². The number of halogens is 3. The van der Waals surface area contributed by atoms with Gasteiger partial charge < -0.3 is 15.7 Å². The SMILES string of the molecule is O=C1NC(c2cc(F)ccc2Cl)c2c(NC(=O)[C@H]3C[C@@H](O)c4ccccc43)cc(Br)cc21. The molecular formula is C24H17BrClFN2O3. The number of fused-ring (bicyclic) bond motifs is 2. The van der Waals surface area contributed by atoms with E-state index in [-0.39, 0.29) is 18.2 Å². The molecule has 0 spiro atoms. The van der Waals surface area contributed by atoms with E-state index >= 15 is 0 Å². The van der Waals surface area contributed by atoms with Crippen molar-refractivity contribution in [2.75, 3.05) is 5.32 Å². The standard InChI is InChI=1S/C24H17BrClFN2O3/c25-11-7-17-21(22(29-24(17)32)16-9-12(27)5-6-18(16)26)19(8-11)28-23(31)15-10-20(30)14-4-2-1-3-13(14)15/h1-9,15,20,22,30H,10H2,(H,28,31)(H,29,32)/t15-,20+,22?/m0/s1. The summed E-state index contributed by atoms with van der Waals surface area (Å²) >= 11 is 9.71. The van der Waals surface area contributed by atoms with Crippen LogP contribution in [0.15, 0.2) is 59.1 Å². The van der Waals surface area contributed by atoms with Crippen molar-refractivity contribution in [1.82, 2.24) is 5.32 Å². The third-order valence-electron chi connectivity index (χ3n) is 5.99. The predicted octanol–water partition coefficient (Wildman–Crippen LogP) is 5.23. The number of carbonyl (C=O) groups excluding carboxylic acids is 2. The molecule has 0 saturated carbocycles. The number of anilines is 1. The first-order valence-corrected chi connectivity index (χ1v) is 11.2. The zero-order chi connectivity index (χ0) is 22.6. The Balaban J connectivity index is 1.55. The first-order valence-electron chi connectivity index (χ1n) is 10.0. The maximum atomic E-state index is 14.0. The van der Waals surface area contributed by atoms with Gasteiger partial charge >= 0.3 is 0 Å². The number of aliphatic hydroxyl groups excluding tert-OH is 1. The molecule has 3 atom stereocenters. The minimum absolute atomic E-state index is 0.276. The number of benzene rings is 3. The van der Waals surface area contributed by atoms with Gasteiger partial charge in [0.15, 0.2) is 0 Å². The lowest BCUT2D eigenvalue weighted by Gasteiger charge is -2.19. The van der Waals surface area contributed by atoms with E-state index in [1.54, 1.807) is 12.1 Å². The summed E-state index contributed by atoms with van der Waals surface area (Å²) < 4.78 is 14.6. The summed E-state index contributed by atoms with van der Waals surface area (Å²) in [6, 6.07) is 13.9. The largest absolute Gasteiger partial charge is 0.388 e. The summed E-state index contributed by atoms with van der Waals surface area (Å²) in [6.45, 7) is 0. The molecule has 3 N–H and O–H groups in total. The Morgan fingerprint density at radius 3 is 2.66 bits per heavy atom. The zero-order valence-electron chi connectivity index (χ0n) is 16.5. The second-order valence-corrected chi connectivity index (χ2v) is 9.23. The fourth-order valence-corrected chi connectivity index (χ4v) is 5.23. The maximum Gasteiger partial charge on any atom is 0.252 e. The highest BCUT2D eigenvalue weighted by molar-refractivity contribution is 9.10. The molecule has 5 nitrogen and oxygen atoms in total. The molecule has 0 bridgehead atoms. The molecule has 2 amide bonds. The van der Waals surface area contributed by atoms with Gasteiger partial charge in [-0.25, -0.2) is 4.39 Å². The Hall–Kier alpha value is -2.74. The number of carbonyl (C=O) groups is 2. The van der Waals surface area contributed by atoms with E-state index < -0.39 is 23.9 Å². The van der Waals surface area contributed by atoms with Crippen molar-refractivity contribution < 1.29 is 19.1 Å². The lowest BCUT2D eigenvalue weighted by molar-refractivity contribution is -0.117. The van der Waals surface area contributed by atoms with Gasteiger partial charge in [0, 0.05) is 31.9 Å². The first-order chi connectivity index (χ1) is 15.3. The lowest BCUT2D eigenvalue weighted by Crippen LogP contribution is -2.22. The molecule has 2 aliphatic rings. The molecule has 3 aromatic carbocycles. The van der Waals surface area contributed by atoms with Gasteiger partial charge in [-0.05, 0) is 47.9 Å². The molecule has 5 rings (SSSR count). The van der Waals surface area contributed by atoms with Crippen molar-refractivity contribution in [3.8, 4) is 0 Å². The molecular weight excluding hydrogens is 499 g/mol. The lowest BCUT2D eigenvalue weighted by atomic mass is 9.95. The van der Waals surface area contributed by atoms with Crippen LogP contribution in [0, 0.1) is 5.82 Å². The van der Waals surface area contributed by atoms with Gasteiger partial charge in [0.1, 0.15) is 5.82 Å².